The van der Waals surface area contributed by atoms with Crippen LogP contribution in [0, 0.1) is 0 Å². The lowest BCUT2D eigenvalue weighted by Gasteiger charge is -2.36. The van der Waals surface area contributed by atoms with Gasteiger partial charge < -0.3 is 14.9 Å². The average molecular weight is 258 g/mol. The molecule has 0 spiro atoms. The van der Waals surface area contributed by atoms with Gasteiger partial charge in [-0.05, 0) is 12.8 Å². The highest BCUT2D eigenvalue weighted by Gasteiger charge is 2.26. The fraction of sp³-hybridized carbons (Fsp3) is 0.750. The molecule has 0 atom stereocenters. The van der Waals surface area contributed by atoms with E-state index in [9.17, 15) is 14.4 Å². The molecule has 1 heterocycles. The summed E-state index contributed by atoms with van der Waals surface area (Å²) in [5, 5.41) is 8.70. The first kappa shape index (κ1) is 16.4. The summed E-state index contributed by atoms with van der Waals surface area (Å²) in [7, 11) is 0. The van der Waals surface area contributed by atoms with Crippen molar-refractivity contribution in [1.82, 2.24) is 9.80 Å². The Morgan fingerprint density at radius 3 is 2.17 bits per heavy atom. The van der Waals surface area contributed by atoms with Crippen molar-refractivity contribution in [3.05, 3.63) is 0 Å². The maximum atomic E-state index is 11.3. The number of carboxylic acid groups (broad SMARTS) is 1. The third-order valence-corrected chi connectivity index (χ3v) is 2.80. The second kappa shape index (κ2) is 8.49. The number of amides is 2. The van der Waals surface area contributed by atoms with Crippen molar-refractivity contribution in [3.63, 3.8) is 0 Å². The van der Waals surface area contributed by atoms with Crippen molar-refractivity contribution < 1.29 is 19.5 Å². The Hall–Kier alpha value is -1.59. The van der Waals surface area contributed by atoms with Crippen LogP contribution in [-0.2, 0) is 14.4 Å². The maximum Gasteiger partial charge on any atom is 0.323 e. The normalized spacial score (nSPS) is 15.4. The monoisotopic (exact) mass is 258 g/mol. The molecule has 0 radical (unpaired) electrons. The van der Waals surface area contributed by atoms with Crippen LogP contribution in [0.2, 0.25) is 0 Å². The summed E-state index contributed by atoms with van der Waals surface area (Å²) in [6, 6.07) is -0.0650. The number of carbonyl (C=O) groups is 3. The van der Waals surface area contributed by atoms with Gasteiger partial charge in [-0.2, -0.15) is 0 Å². The predicted octanol–water partition coefficient (Wildman–Crippen LogP) is 0.566. The lowest BCUT2D eigenvalue weighted by Crippen LogP contribution is -2.48. The second-order valence-electron chi connectivity index (χ2n) is 3.91. The molecule has 0 bridgehead atoms. The fourth-order valence-electron chi connectivity index (χ4n) is 1.95. The summed E-state index contributed by atoms with van der Waals surface area (Å²) >= 11 is 0. The first-order valence-electron chi connectivity index (χ1n) is 6.23. The van der Waals surface area contributed by atoms with Crippen LogP contribution in [0.15, 0.2) is 0 Å². The van der Waals surface area contributed by atoms with Gasteiger partial charge in [0, 0.05) is 26.1 Å². The second-order valence-corrected chi connectivity index (χ2v) is 3.91. The van der Waals surface area contributed by atoms with Gasteiger partial charge in [-0.25, -0.2) is 0 Å². The predicted molar refractivity (Wildman–Crippen MR) is 67.0 cm³/mol. The van der Waals surface area contributed by atoms with Gasteiger partial charge in [-0.3, -0.25) is 14.4 Å². The lowest BCUT2D eigenvalue weighted by atomic mass is 10.0. The summed E-state index contributed by atoms with van der Waals surface area (Å²) in [4.78, 5) is 35.4. The van der Waals surface area contributed by atoms with E-state index in [1.165, 1.54) is 11.8 Å². The number of hydrogen-bond acceptors (Lipinski definition) is 3. The van der Waals surface area contributed by atoms with Gasteiger partial charge in [-0.15, -0.1) is 0 Å². The molecule has 6 nitrogen and oxygen atoms in total. The maximum absolute atomic E-state index is 11.3. The van der Waals surface area contributed by atoms with Crippen molar-refractivity contribution in [1.29, 1.82) is 0 Å². The van der Waals surface area contributed by atoms with Crippen LogP contribution < -0.4 is 0 Å². The van der Waals surface area contributed by atoms with Crippen LogP contribution in [0.25, 0.3) is 0 Å². The molecular formula is C12H22N2O4. The number of likely N-dealkylation sites (tertiary alicyclic amines) is 1. The summed E-state index contributed by atoms with van der Waals surface area (Å²) in [5.74, 6) is -1.24. The van der Waals surface area contributed by atoms with E-state index in [1.54, 1.807) is 4.90 Å². The standard InChI is InChI=1S/C10H16N2O4.C2H6/c1-8(14)12(6-10(15)16)9-2-4-11(7-13)5-3-9;1-2/h7,9H,2-6H2,1H3,(H,15,16);1-2H3. The van der Waals surface area contributed by atoms with Crippen molar-refractivity contribution in [2.45, 2.75) is 39.7 Å². The average Bonchev–Trinajstić information content (AvgIpc) is 2.38. The Labute approximate surface area is 108 Å². The third-order valence-electron chi connectivity index (χ3n) is 2.80. The van der Waals surface area contributed by atoms with Gasteiger partial charge in [-0.1, -0.05) is 13.8 Å². The smallest absolute Gasteiger partial charge is 0.323 e. The van der Waals surface area contributed by atoms with Crippen LogP contribution in [0.4, 0.5) is 0 Å². The van der Waals surface area contributed by atoms with Crippen molar-refractivity contribution >= 4 is 18.3 Å². The topological polar surface area (TPSA) is 77.9 Å². The molecule has 1 fully saturated rings. The molecule has 2 amide bonds. The highest BCUT2D eigenvalue weighted by Crippen LogP contribution is 2.15. The van der Waals surface area contributed by atoms with Crippen molar-refractivity contribution in [2.24, 2.45) is 0 Å². The molecule has 0 aromatic heterocycles. The molecule has 0 aromatic carbocycles. The summed E-state index contributed by atoms with van der Waals surface area (Å²) in [6.45, 7) is 6.27. The zero-order valence-electron chi connectivity index (χ0n) is 11.3. The summed E-state index contributed by atoms with van der Waals surface area (Å²) < 4.78 is 0. The van der Waals surface area contributed by atoms with E-state index in [4.69, 9.17) is 5.11 Å². The first-order chi connectivity index (χ1) is 8.54. The van der Waals surface area contributed by atoms with E-state index in [-0.39, 0.29) is 18.5 Å². The summed E-state index contributed by atoms with van der Waals surface area (Å²) in [6.07, 6.45) is 2.07. The quantitative estimate of drug-likeness (QED) is 0.748. The number of rotatable bonds is 4. The van der Waals surface area contributed by atoms with Crippen LogP contribution >= 0.6 is 0 Å². The van der Waals surface area contributed by atoms with Crippen LogP contribution in [0.3, 0.4) is 0 Å². The molecule has 0 aliphatic carbocycles. The number of nitrogens with zero attached hydrogens (tertiary/aromatic N) is 2. The van der Waals surface area contributed by atoms with Gasteiger partial charge in [0.15, 0.2) is 0 Å². The van der Waals surface area contributed by atoms with Crippen molar-refractivity contribution in [2.75, 3.05) is 19.6 Å². The number of carboxylic acids is 1. The number of piperidine rings is 1. The van der Waals surface area contributed by atoms with E-state index in [0.29, 0.717) is 25.9 Å². The van der Waals surface area contributed by atoms with Gasteiger partial charge in [0.2, 0.25) is 12.3 Å². The molecule has 1 rings (SSSR count). The Bertz CT molecular complexity index is 286. The third kappa shape index (κ3) is 5.16. The molecule has 0 aromatic rings. The van der Waals surface area contributed by atoms with Crippen LogP contribution in [0.5, 0.6) is 0 Å². The van der Waals surface area contributed by atoms with Crippen molar-refractivity contribution in [3.8, 4) is 0 Å². The number of aliphatic carboxylic acids is 1. The minimum Gasteiger partial charge on any atom is -0.480 e. The Morgan fingerprint density at radius 2 is 1.83 bits per heavy atom. The Balaban J connectivity index is 0.00000137. The largest absolute Gasteiger partial charge is 0.480 e. The molecule has 0 saturated carbocycles. The highest BCUT2D eigenvalue weighted by atomic mass is 16.4. The van der Waals surface area contributed by atoms with Gasteiger partial charge >= 0.3 is 5.97 Å². The molecule has 1 saturated heterocycles. The molecule has 18 heavy (non-hydrogen) atoms. The lowest BCUT2D eigenvalue weighted by molar-refractivity contribution is -0.146. The number of carbonyl (C=O) groups excluding carboxylic acids is 2. The van der Waals surface area contributed by atoms with Gasteiger partial charge in [0.05, 0.1) is 0 Å². The van der Waals surface area contributed by atoms with Crippen LogP contribution in [-0.4, -0.2) is 58.9 Å². The molecular weight excluding hydrogens is 236 g/mol. The van der Waals surface area contributed by atoms with E-state index in [0.717, 1.165) is 6.41 Å². The SMILES string of the molecule is CC.CC(=O)N(CC(=O)O)C1CCN(C=O)CC1. The molecule has 1 aliphatic heterocycles. The fourth-order valence-corrected chi connectivity index (χ4v) is 1.95. The summed E-state index contributed by atoms with van der Waals surface area (Å²) in [5.41, 5.74) is 0. The van der Waals surface area contributed by atoms with Gasteiger partial charge in [0.25, 0.3) is 0 Å². The highest BCUT2D eigenvalue weighted by molar-refractivity contribution is 5.79. The van der Waals surface area contributed by atoms with E-state index in [1.807, 2.05) is 13.8 Å². The first-order valence-corrected chi connectivity index (χ1v) is 6.23. The molecule has 0 unspecified atom stereocenters. The molecule has 1 aliphatic rings. The minimum atomic E-state index is -1.01. The number of hydrogen-bond donors (Lipinski definition) is 1. The molecule has 6 heteroatoms. The van der Waals surface area contributed by atoms with E-state index in [2.05, 4.69) is 0 Å². The molecule has 1 N–H and O–H groups in total. The van der Waals surface area contributed by atoms with Crippen LogP contribution in [0.1, 0.15) is 33.6 Å². The molecule has 104 valence electrons. The zero-order chi connectivity index (χ0) is 14.1. The Kier molecular flexibility index (Phi) is 7.74. The zero-order valence-corrected chi connectivity index (χ0v) is 11.3. The van der Waals surface area contributed by atoms with E-state index < -0.39 is 5.97 Å². The van der Waals surface area contributed by atoms with E-state index >= 15 is 0 Å². The van der Waals surface area contributed by atoms with Gasteiger partial charge in [0.1, 0.15) is 6.54 Å². The minimum absolute atomic E-state index is 0.0650. The Morgan fingerprint density at radius 1 is 1.33 bits per heavy atom.